The number of benzene rings is 1. The molecule has 0 atom stereocenters. The zero-order valence-electron chi connectivity index (χ0n) is 10.4. The normalized spacial score (nSPS) is 10.6. The van der Waals surface area contributed by atoms with Crippen LogP contribution in [-0.4, -0.2) is 39.6 Å². The number of aromatic hydroxyl groups is 1. The third-order valence-electron chi connectivity index (χ3n) is 2.45. The molecule has 0 aromatic heterocycles. The van der Waals surface area contributed by atoms with Gasteiger partial charge in [-0.3, -0.25) is 9.59 Å². The van der Waals surface area contributed by atoms with Crippen LogP contribution in [0.15, 0.2) is 12.1 Å². The first-order chi connectivity index (χ1) is 8.73. The Kier molecular flexibility index (Phi) is 5.83. The molecule has 19 heavy (non-hydrogen) atoms. The molecule has 1 aromatic carbocycles. The van der Waals surface area contributed by atoms with Crippen LogP contribution in [0.5, 0.6) is 5.75 Å². The standard InChI is InChI=1S/C12H13I2NO4/c1-6(2)15(5-10(16)17)12(19)8-3-7(13)4-9(14)11(8)18/h3-4,6,18H,5H2,1-2H3,(H,16,17). The fraction of sp³-hybridized carbons (Fsp3) is 0.333. The molecule has 0 aliphatic carbocycles. The number of nitrogens with zero attached hydrogens (tertiary/aromatic N) is 1. The second kappa shape index (κ2) is 6.73. The van der Waals surface area contributed by atoms with Crippen molar-refractivity contribution in [2.24, 2.45) is 0 Å². The molecule has 0 saturated carbocycles. The fourth-order valence-electron chi connectivity index (χ4n) is 1.52. The molecule has 0 aliphatic rings. The van der Waals surface area contributed by atoms with Crippen molar-refractivity contribution in [2.75, 3.05) is 6.54 Å². The molecular weight excluding hydrogens is 476 g/mol. The summed E-state index contributed by atoms with van der Waals surface area (Å²) >= 11 is 3.98. The highest BCUT2D eigenvalue weighted by Crippen LogP contribution is 2.28. The quantitative estimate of drug-likeness (QED) is 0.638. The number of carboxylic acids is 1. The van der Waals surface area contributed by atoms with Crippen molar-refractivity contribution in [1.82, 2.24) is 4.90 Å². The van der Waals surface area contributed by atoms with E-state index in [9.17, 15) is 14.7 Å². The average Bonchev–Trinajstić information content (AvgIpc) is 2.29. The number of rotatable bonds is 4. The monoisotopic (exact) mass is 489 g/mol. The van der Waals surface area contributed by atoms with E-state index >= 15 is 0 Å². The van der Waals surface area contributed by atoms with Crippen molar-refractivity contribution in [3.63, 3.8) is 0 Å². The van der Waals surface area contributed by atoms with E-state index in [0.29, 0.717) is 3.57 Å². The van der Waals surface area contributed by atoms with E-state index in [1.165, 1.54) is 4.90 Å². The molecule has 0 saturated heterocycles. The van der Waals surface area contributed by atoms with E-state index in [1.54, 1.807) is 26.0 Å². The van der Waals surface area contributed by atoms with Crippen molar-refractivity contribution in [2.45, 2.75) is 19.9 Å². The molecule has 1 rings (SSSR count). The lowest BCUT2D eigenvalue weighted by Gasteiger charge is -2.25. The number of hydrogen-bond acceptors (Lipinski definition) is 3. The lowest BCUT2D eigenvalue weighted by Crippen LogP contribution is -2.40. The molecular formula is C12H13I2NO4. The van der Waals surface area contributed by atoms with Gasteiger partial charge in [-0.05, 0) is 71.2 Å². The predicted octanol–water partition coefficient (Wildman–Crippen LogP) is 2.54. The van der Waals surface area contributed by atoms with Gasteiger partial charge in [0.05, 0.1) is 9.13 Å². The van der Waals surface area contributed by atoms with Crippen LogP contribution in [0.2, 0.25) is 0 Å². The largest absolute Gasteiger partial charge is 0.506 e. The maximum absolute atomic E-state index is 12.3. The van der Waals surface area contributed by atoms with E-state index in [-0.39, 0.29) is 17.4 Å². The number of aliphatic carboxylic acids is 1. The minimum Gasteiger partial charge on any atom is -0.506 e. The predicted molar refractivity (Wildman–Crippen MR) is 87.3 cm³/mol. The van der Waals surface area contributed by atoms with Crippen molar-refractivity contribution < 1.29 is 19.8 Å². The van der Waals surface area contributed by atoms with Gasteiger partial charge >= 0.3 is 5.97 Å². The summed E-state index contributed by atoms with van der Waals surface area (Å²) < 4.78 is 1.37. The third kappa shape index (κ3) is 4.20. The first kappa shape index (κ1) is 16.5. The van der Waals surface area contributed by atoms with E-state index in [0.717, 1.165) is 3.57 Å². The third-order valence-corrected chi connectivity index (χ3v) is 3.89. The van der Waals surface area contributed by atoms with Crippen molar-refractivity contribution >= 4 is 57.1 Å². The van der Waals surface area contributed by atoms with Crippen LogP contribution in [0.3, 0.4) is 0 Å². The van der Waals surface area contributed by atoms with Crippen LogP contribution in [0.25, 0.3) is 0 Å². The first-order valence-corrected chi connectivity index (χ1v) is 7.60. The van der Waals surface area contributed by atoms with Crippen molar-refractivity contribution in [3.05, 3.63) is 24.8 Å². The maximum atomic E-state index is 12.3. The molecule has 7 heteroatoms. The Hall–Kier alpha value is -0.580. The van der Waals surface area contributed by atoms with Gasteiger partial charge in [0.15, 0.2) is 0 Å². The van der Waals surface area contributed by atoms with Gasteiger partial charge in [0, 0.05) is 9.61 Å². The number of amides is 1. The maximum Gasteiger partial charge on any atom is 0.323 e. The SMILES string of the molecule is CC(C)N(CC(=O)O)C(=O)c1cc(I)cc(I)c1O. The van der Waals surface area contributed by atoms with Gasteiger partial charge in [-0.1, -0.05) is 0 Å². The molecule has 0 unspecified atom stereocenters. The summed E-state index contributed by atoms with van der Waals surface area (Å²) in [7, 11) is 0. The summed E-state index contributed by atoms with van der Waals surface area (Å²) in [6.45, 7) is 3.07. The van der Waals surface area contributed by atoms with Crippen molar-refractivity contribution in [1.29, 1.82) is 0 Å². The van der Waals surface area contributed by atoms with Crippen LogP contribution in [-0.2, 0) is 4.79 Å². The highest BCUT2D eigenvalue weighted by Gasteiger charge is 2.24. The molecule has 0 fully saturated rings. The van der Waals surface area contributed by atoms with Gasteiger partial charge in [-0.15, -0.1) is 0 Å². The summed E-state index contributed by atoms with van der Waals surface area (Å²) in [5.74, 6) is -1.67. The molecule has 0 aliphatic heterocycles. The number of phenolic OH excluding ortho intramolecular Hbond substituents is 1. The number of carbonyl (C=O) groups is 2. The van der Waals surface area contributed by atoms with Gasteiger partial charge < -0.3 is 15.1 Å². The highest BCUT2D eigenvalue weighted by molar-refractivity contribution is 14.1. The van der Waals surface area contributed by atoms with Gasteiger partial charge in [-0.25, -0.2) is 0 Å². The first-order valence-electron chi connectivity index (χ1n) is 5.44. The lowest BCUT2D eigenvalue weighted by molar-refractivity contribution is -0.138. The Balaban J connectivity index is 3.20. The van der Waals surface area contributed by atoms with Crippen LogP contribution in [0, 0.1) is 7.14 Å². The van der Waals surface area contributed by atoms with Crippen molar-refractivity contribution in [3.8, 4) is 5.75 Å². The van der Waals surface area contributed by atoms with Crippen LogP contribution < -0.4 is 0 Å². The molecule has 104 valence electrons. The summed E-state index contributed by atoms with van der Waals surface area (Å²) in [5, 5.41) is 18.8. The minimum atomic E-state index is -1.08. The zero-order chi connectivity index (χ0) is 14.7. The number of carboxylic acid groups (broad SMARTS) is 1. The lowest BCUT2D eigenvalue weighted by atomic mass is 10.1. The Morgan fingerprint density at radius 2 is 1.89 bits per heavy atom. The molecule has 2 N–H and O–H groups in total. The van der Waals surface area contributed by atoms with Gasteiger partial charge in [0.1, 0.15) is 12.3 Å². The zero-order valence-corrected chi connectivity index (χ0v) is 14.7. The van der Waals surface area contributed by atoms with Crippen LogP contribution in [0.4, 0.5) is 0 Å². The second-order valence-corrected chi connectivity index (χ2v) is 6.61. The Bertz CT molecular complexity index is 517. The summed E-state index contributed by atoms with van der Waals surface area (Å²) in [6.07, 6.45) is 0. The van der Waals surface area contributed by atoms with Gasteiger partial charge in [0.2, 0.25) is 0 Å². The van der Waals surface area contributed by atoms with Gasteiger partial charge in [0.25, 0.3) is 5.91 Å². The average molecular weight is 489 g/mol. The minimum absolute atomic E-state index is 0.109. The molecule has 1 amide bonds. The second-order valence-electron chi connectivity index (χ2n) is 4.20. The van der Waals surface area contributed by atoms with Crippen LogP contribution >= 0.6 is 45.2 Å². The Morgan fingerprint density at radius 1 is 1.32 bits per heavy atom. The summed E-state index contributed by atoms with van der Waals surface area (Å²) in [5.41, 5.74) is 0.131. The van der Waals surface area contributed by atoms with Crippen LogP contribution in [0.1, 0.15) is 24.2 Å². The summed E-state index contributed by atoms with van der Waals surface area (Å²) in [4.78, 5) is 24.4. The number of halogens is 2. The Morgan fingerprint density at radius 3 is 2.37 bits per heavy atom. The molecule has 1 aromatic rings. The van der Waals surface area contributed by atoms with E-state index in [1.807, 2.05) is 45.2 Å². The number of hydrogen-bond donors (Lipinski definition) is 2. The van der Waals surface area contributed by atoms with E-state index < -0.39 is 18.4 Å². The molecule has 0 spiro atoms. The topological polar surface area (TPSA) is 77.8 Å². The van der Waals surface area contributed by atoms with E-state index in [2.05, 4.69) is 0 Å². The molecule has 0 bridgehead atoms. The smallest absolute Gasteiger partial charge is 0.323 e. The van der Waals surface area contributed by atoms with E-state index in [4.69, 9.17) is 5.11 Å². The fourth-order valence-corrected chi connectivity index (χ4v) is 3.36. The highest BCUT2D eigenvalue weighted by atomic mass is 127. The number of carbonyl (C=O) groups excluding carboxylic acids is 1. The Labute approximate surface area is 138 Å². The molecule has 0 radical (unpaired) electrons. The summed E-state index contributed by atoms with van der Waals surface area (Å²) in [6, 6.07) is 3.03. The molecule has 5 nitrogen and oxygen atoms in total. The molecule has 0 heterocycles. The number of phenols is 1. The van der Waals surface area contributed by atoms with Gasteiger partial charge in [-0.2, -0.15) is 0 Å².